The van der Waals surface area contributed by atoms with Crippen LogP contribution < -0.4 is 0 Å². The number of rotatable bonds is 6. The van der Waals surface area contributed by atoms with Gasteiger partial charge in [-0.2, -0.15) is 0 Å². The molecule has 0 aliphatic rings. The maximum Gasteiger partial charge on any atom is 0.0786 e. The van der Waals surface area contributed by atoms with Gasteiger partial charge in [0.25, 0.3) is 0 Å². The lowest BCUT2D eigenvalue weighted by Crippen LogP contribution is -1.98. The Hall–Kier alpha value is -7.56. The lowest BCUT2D eigenvalue weighted by atomic mass is 9.92. The highest BCUT2D eigenvalue weighted by Gasteiger charge is 2.18. The molecule has 0 amide bonds. The molecule has 7 aromatic carbocycles. The van der Waals surface area contributed by atoms with E-state index in [2.05, 4.69) is 204 Å². The zero-order valence-electron chi connectivity index (χ0n) is 30.4. The van der Waals surface area contributed by atoms with Crippen molar-refractivity contribution in [3.05, 3.63) is 207 Å². The Kier molecular flexibility index (Phi) is 7.46. The van der Waals surface area contributed by atoms with E-state index >= 15 is 0 Å². The third-order valence-electron chi connectivity index (χ3n) is 11.1. The molecule has 4 aromatic heterocycles. The lowest BCUT2D eigenvalue weighted by Gasteiger charge is -2.17. The number of hydrogen-bond donors (Lipinski definition) is 0. The fourth-order valence-electron chi connectivity index (χ4n) is 8.48. The van der Waals surface area contributed by atoms with Crippen LogP contribution >= 0.6 is 0 Å². The zero-order chi connectivity index (χ0) is 37.0. The third-order valence-corrected chi connectivity index (χ3v) is 11.1. The van der Waals surface area contributed by atoms with Crippen molar-refractivity contribution in [1.29, 1.82) is 0 Å². The van der Waals surface area contributed by atoms with E-state index in [0.29, 0.717) is 0 Å². The Morgan fingerprint density at radius 2 is 0.786 bits per heavy atom. The summed E-state index contributed by atoms with van der Waals surface area (Å²) in [5.74, 6) is 0. The summed E-state index contributed by atoms with van der Waals surface area (Å²) < 4.78 is 4.66. The summed E-state index contributed by atoms with van der Waals surface area (Å²) in [6, 6.07) is 64.9. The molecule has 0 unspecified atom stereocenters. The van der Waals surface area contributed by atoms with Crippen LogP contribution in [0.1, 0.15) is 0 Å². The molecule has 0 fully saturated rings. The van der Waals surface area contributed by atoms with Crippen molar-refractivity contribution in [1.82, 2.24) is 19.1 Å². The molecule has 11 rings (SSSR count). The van der Waals surface area contributed by atoms with Crippen LogP contribution in [0.5, 0.6) is 0 Å². The molecule has 0 aliphatic heterocycles. The molecule has 0 bridgehead atoms. The monoisotopic (exact) mass is 714 g/mol. The van der Waals surface area contributed by atoms with Crippen LogP contribution in [-0.2, 0) is 0 Å². The van der Waals surface area contributed by atoms with Gasteiger partial charge in [-0.1, -0.05) is 127 Å². The first-order valence-electron chi connectivity index (χ1n) is 19.0. The van der Waals surface area contributed by atoms with E-state index in [1.807, 2.05) is 12.4 Å². The zero-order valence-corrected chi connectivity index (χ0v) is 30.4. The molecule has 0 atom stereocenters. The van der Waals surface area contributed by atoms with Gasteiger partial charge in [0.2, 0.25) is 0 Å². The number of para-hydroxylation sites is 3. The van der Waals surface area contributed by atoms with E-state index in [9.17, 15) is 0 Å². The molecule has 56 heavy (non-hydrogen) atoms. The fourth-order valence-corrected chi connectivity index (χ4v) is 8.48. The molecular formula is C52H34N4. The smallest absolute Gasteiger partial charge is 0.0786 e. The summed E-state index contributed by atoms with van der Waals surface area (Å²) in [4.78, 5) is 10.1. The Labute approximate surface area is 324 Å². The molecule has 0 saturated carbocycles. The van der Waals surface area contributed by atoms with Crippen LogP contribution in [0.3, 0.4) is 0 Å². The second-order valence-electron chi connectivity index (χ2n) is 14.3. The van der Waals surface area contributed by atoms with Crippen molar-refractivity contribution in [3.8, 4) is 55.9 Å². The molecule has 262 valence electrons. The summed E-state index contributed by atoms with van der Waals surface area (Å²) in [5.41, 5.74) is 15.5. The fraction of sp³-hybridized carbons (Fsp3) is 0. The third kappa shape index (κ3) is 5.23. The first-order chi connectivity index (χ1) is 27.8. The predicted octanol–water partition coefficient (Wildman–Crippen LogP) is 13.3. The highest BCUT2D eigenvalue weighted by atomic mass is 15.0. The van der Waals surface area contributed by atoms with Crippen LogP contribution in [0.25, 0.3) is 99.5 Å². The van der Waals surface area contributed by atoms with Crippen LogP contribution in [0.15, 0.2) is 207 Å². The Balaban J connectivity index is 1.19. The molecule has 4 nitrogen and oxygen atoms in total. The van der Waals surface area contributed by atoms with E-state index in [-0.39, 0.29) is 0 Å². The van der Waals surface area contributed by atoms with Crippen LogP contribution in [0.2, 0.25) is 0 Å². The maximum atomic E-state index is 5.04. The van der Waals surface area contributed by atoms with Gasteiger partial charge in [0.1, 0.15) is 0 Å². The van der Waals surface area contributed by atoms with E-state index in [0.717, 1.165) is 61.0 Å². The second kappa shape index (κ2) is 13.1. The maximum absolute atomic E-state index is 5.04. The van der Waals surface area contributed by atoms with Gasteiger partial charge in [-0.25, -0.2) is 0 Å². The van der Waals surface area contributed by atoms with Gasteiger partial charge >= 0.3 is 0 Å². The number of nitrogens with zero attached hydrogens (tertiary/aromatic N) is 4. The Morgan fingerprint density at radius 3 is 1.29 bits per heavy atom. The van der Waals surface area contributed by atoms with Gasteiger partial charge in [-0.3, -0.25) is 9.97 Å². The Bertz CT molecular complexity index is 3090. The van der Waals surface area contributed by atoms with Crippen molar-refractivity contribution in [3.63, 3.8) is 0 Å². The minimum atomic E-state index is 0.970. The summed E-state index contributed by atoms with van der Waals surface area (Å²) in [6.45, 7) is 0. The van der Waals surface area contributed by atoms with Crippen molar-refractivity contribution in [2.45, 2.75) is 0 Å². The van der Waals surface area contributed by atoms with Gasteiger partial charge in [0.15, 0.2) is 0 Å². The van der Waals surface area contributed by atoms with Crippen molar-refractivity contribution in [2.24, 2.45) is 0 Å². The minimum Gasteiger partial charge on any atom is -0.315 e. The van der Waals surface area contributed by atoms with Crippen molar-refractivity contribution < 1.29 is 0 Å². The molecule has 4 heterocycles. The quantitative estimate of drug-likeness (QED) is 0.172. The molecular weight excluding hydrogens is 681 g/mol. The van der Waals surface area contributed by atoms with Crippen LogP contribution in [0, 0.1) is 0 Å². The highest BCUT2D eigenvalue weighted by molar-refractivity contribution is 6.07. The molecule has 0 saturated heterocycles. The van der Waals surface area contributed by atoms with Gasteiger partial charge in [0.05, 0.1) is 22.1 Å². The summed E-state index contributed by atoms with van der Waals surface area (Å²) in [6.07, 6.45) is 8.26. The lowest BCUT2D eigenvalue weighted by molar-refractivity contribution is 1.10. The second-order valence-corrected chi connectivity index (χ2v) is 14.3. The molecule has 0 radical (unpaired) electrons. The number of benzene rings is 7. The van der Waals surface area contributed by atoms with E-state index < -0.39 is 0 Å². The van der Waals surface area contributed by atoms with E-state index in [1.54, 1.807) is 0 Å². The average Bonchev–Trinajstić information content (AvgIpc) is 3.91. The minimum absolute atomic E-state index is 0.970. The van der Waals surface area contributed by atoms with Crippen molar-refractivity contribution in [2.75, 3.05) is 0 Å². The largest absolute Gasteiger partial charge is 0.315 e. The predicted molar refractivity (Wildman–Crippen MR) is 232 cm³/mol. The van der Waals surface area contributed by atoms with E-state index in [4.69, 9.17) is 9.97 Å². The number of fused-ring (bicyclic) bond motifs is 5. The van der Waals surface area contributed by atoms with Gasteiger partial charge in [0, 0.05) is 68.8 Å². The van der Waals surface area contributed by atoms with Gasteiger partial charge in [-0.05, 0) is 88.0 Å². The van der Waals surface area contributed by atoms with Gasteiger partial charge in [-0.15, -0.1) is 0 Å². The first-order valence-corrected chi connectivity index (χ1v) is 19.0. The number of aromatic nitrogens is 4. The molecule has 4 heteroatoms. The van der Waals surface area contributed by atoms with E-state index in [1.165, 1.54) is 38.5 Å². The molecule has 0 aliphatic carbocycles. The normalized spacial score (nSPS) is 11.6. The number of hydrogen-bond acceptors (Lipinski definition) is 2. The summed E-state index contributed by atoms with van der Waals surface area (Å²) in [7, 11) is 0. The Morgan fingerprint density at radius 1 is 0.321 bits per heavy atom. The first kappa shape index (κ1) is 31.9. The van der Waals surface area contributed by atoms with Gasteiger partial charge < -0.3 is 9.13 Å². The summed E-state index contributed by atoms with van der Waals surface area (Å²) >= 11 is 0. The molecule has 0 N–H and O–H groups in total. The standard InChI is InChI=1S/C52H34N4/c1-4-12-35(13-5-1)43-24-28-53-49-45(18-10-20-47(43)49)39-32-40(46-19-11-21-48-44(25-29-54-50(46)48)36-14-6-2-7-15-36)34-42(33-39)56-31-27-38-23-22-37-26-30-55(51(37)52(38)56)41-16-8-3-9-17-41/h1-34H. The average molecular weight is 715 g/mol. The highest BCUT2D eigenvalue weighted by Crippen LogP contribution is 2.40. The van der Waals surface area contributed by atoms with Crippen molar-refractivity contribution >= 4 is 43.6 Å². The number of pyridine rings is 2. The molecule has 11 aromatic rings. The SMILES string of the molecule is c1ccc(-c2ccnc3c(-c4cc(-c5cccc6c(-c7ccccc7)ccnc56)cc(-n5ccc6ccc7ccn(-c8ccccc8)c7c65)c4)cccc23)cc1. The summed E-state index contributed by atoms with van der Waals surface area (Å²) in [5, 5.41) is 4.61. The topological polar surface area (TPSA) is 35.6 Å². The van der Waals surface area contributed by atoms with Crippen LogP contribution in [0.4, 0.5) is 0 Å². The molecule has 0 spiro atoms. The van der Waals surface area contributed by atoms with Crippen LogP contribution in [-0.4, -0.2) is 19.1 Å².